The van der Waals surface area contributed by atoms with Gasteiger partial charge in [-0.25, -0.2) is 0 Å². The van der Waals surface area contributed by atoms with Crippen LogP contribution in [0.15, 0.2) is 17.0 Å². The molecule has 0 atom stereocenters. The summed E-state index contributed by atoms with van der Waals surface area (Å²) < 4.78 is 5.71. The number of hydrogen-bond donors (Lipinski definition) is 1. The summed E-state index contributed by atoms with van der Waals surface area (Å²) in [5.41, 5.74) is 0.691. The van der Waals surface area contributed by atoms with Crippen LogP contribution in [-0.4, -0.2) is 33.9 Å². The number of methoxy groups -OCH3 is 1. The number of aromatic hydroxyl groups is 1. The molecule has 0 aromatic heterocycles. The van der Waals surface area contributed by atoms with Crippen molar-refractivity contribution in [2.24, 2.45) is 5.92 Å². The fourth-order valence-corrected chi connectivity index (χ4v) is 4.82. The van der Waals surface area contributed by atoms with Crippen LogP contribution in [0.5, 0.6) is 11.5 Å². The van der Waals surface area contributed by atoms with Crippen LogP contribution in [0.25, 0.3) is 6.08 Å². The van der Waals surface area contributed by atoms with Gasteiger partial charge in [0.15, 0.2) is 11.5 Å². The van der Waals surface area contributed by atoms with E-state index >= 15 is 0 Å². The van der Waals surface area contributed by atoms with E-state index in [0.29, 0.717) is 27.3 Å². The first-order valence-corrected chi connectivity index (χ1v) is 9.91. The zero-order valence-electron chi connectivity index (χ0n) is 14.0. The number of carbonyl (C=O) groups is 1. The second-order valence-electron chi connectivity index (χ2n) is 6.33. The lowest BCUT2D eigenvalue weighted by molar-refractivity contribution is -0.122. The lowest BCUT2D eigenvalue weighted by atomic mass is 10.0. The Morgan fingerprint density at radius 2 is 2.16 bits per heavy atom. The molecule has 0 spiro atoms. The molecule has 0 unspecified atom stereocenters. The summed E-state index contributed by atoms with van der Waals surface area (Å²) >= 11 is 12.7. The predicted molar refractivity (Wildman–Crippen MR) is 106 cm³/mol. The normalized spacial score (nSPS) is 20.1. The van der Waals surface area contributed by atoms with E-state index in [1.807, 2.05) is 0 Å². The van der Waals surface area contributed by atoms with E-state index in [4.69, 9.17) is 28.6 Å². The molecule has 134 valence electrons. The molecule has 1 aromatic carbocycles. The van der Waals surface area contributed by atoms with Crippen LogP contribution < -0.4 is 4.74 Å². The molecule has 2 fully saturated rings. The smallest absolute Gasteiger partial charge is 0.266 e. The van der Waals surface area contributed by atoms with Gasteiger partial charge in [-0.15, -0.1) is 0 Å². The highest BCUT2D eigenvalue weighted by Crippen LogP contribution is 2.38. The average Bonchev–Trinajstić information content (AvgIpc) is 3.18. The summed E-state index contributed by atoms with van der Waals surface area (Å²) in [7, 11) is 1.46. The van der Waals surface area contributed by atoms with Gasteiger partial charge < -0.3 is 9.84 Å². The van der Waals surface area contributed by atoms with Crippen LogP contribution in [0.3, 0.4) is 0 Å². The minimum absolute atomic E-state index is 0.0591. The third kappa shape index (κ3) is 4.13. The quantitative estimate of drug-likeness (QED) is 0.569. The van der Waals surface area contributed by atoms with Gasteiger partial charge in [-0.3, -0.25) is 9.69 Å². The Bertz CT molecular complexity index is 729. The standard InChI is InChI=1S/C18H20ClNO3S2/c1-23-14-9-12(8-13(19)16(14)21)10-15-17(22)20(18(24)25-15)7-6-11-4-2-3-5-11/h8-11,21H,2-7H2,1H3/b15-10+. The maximum atomic E-state index is 12.7. The molecule has 3 rings (SSSR count). The van der Waals surface area contributed by atoms with Gasteiger partial charge in [-0.1, -0.05) is 61.3 Å². The fraction of sp³-hybridized carbons (Fsp3) is 0.444. The van der Waals surface area contributed by atoms with Gasteiger partial charge in [0.05, 0.1) is 17.0 Å². The zero-order chi connectivity index (χ0) is 18.0. The molecule has 0 bridgehead atoms. The van der Waals surface area contributed by atoms with Crippen LogP contribution >= 0.6 is 35.6 Å². The first-order valence-electron chi connectivity index (χ1n) is 8.31. The molecule has 1 aliphatic carbocycles. The number of phenols is 1. The summed E-state index contributed by atoms with van der Waals surface area (Å²) in [6, 6.07) is 3.25. The molecule has 1 amide bonds. The largest absolute Gasteiger partial charge is 0.503 e. The molecular formula is C18H20ClNO3S2. The zero-order valence-corrected chi connectivity index (χ0v) is 16.3. The number of ether oxygens (including phenoxy) is 1. The van der Waals surface area contributed by atoms with Gasteiger partial charge >= 0.3 is 0 Å². The summed E-state index contributed by atoms with van der Waals surface area (Å²) in [6.45, 7) is 0.687. The number of carbonyl (C=O) groups excluding carboxylic acids is 1. The SMILES string of the molecule is COc1cc(/C=C2/SC(=S)N(CCC3CCCC3)C2=O)cc(Cl)c1O. The van der Waals surface area contributed by atoms with Gasteiger partial charge in [0, 0.05) is 6.54 Å². The first-order chi connectivity index (χ1) is 12.0. The molecule has 1 N–H and O–H groups in total. The number of nitrogens with zero attached hydrogens (tertiary/aromatic N) is 1. The van der Waals surface area contributed by atoms with Crippen molar-refractivity contribution in [2.75, 3.05) is 13.7 Å². The highest BCUT2D eigenvalue weighted by molar-refractivity contribution is 8.26. The predicted octanol–water partition coefficient (Wildman–Crippen LogP) is 4.84. The molecule has 7 heteroatoms. The highest BCUT2D eigenvalue weighted by atomic mass is 35.5. The van der Waals surface area contributed by atoms with E-state index in [1.165, 1.54) is 44.6 Å². The summed E-state index contributed by atoms with van der Waals surface area (Å²) in [4.78, 5) is 14.9. The monoisotopic (exact) mass is 397 g/mol. The average molecular weight is 398 g/mol. The third-order valence-corrected chi connectivity index (χ3v) is 6.34. The molecule has 1 saturated heterocycles. The molecule has 1 heterocycles. The molecule has 25 heavy (non-hydrogen) atoms. The molecule has 1 saturated carbocycles. The third-order valence-electron chi connectivity index (χ3n) is 4.68. The van der Waals surface area contributed by atoms with Crippen molar-refractivity contribution in [3.8, 4) is 11.5 Å². The minimum atomic E-state index is -0.106. The Labute approximate surface area is 162 Å². The second kappa shape index (κ2) is 7.98. The number of rotatable bonds is 5. The van der Waals surface area contributed by atoms with E-state index in [2.05, 4.69) is 0 Å². The Kier molecular flexibility index (Phi) is 5.92. The van der Waals surface area contributed by atoms with Gasteiger partial charge in [-0.2, -0.15) is 0 Å². The summed E-state index contributed by atoms with van der Waals surface area (Å²) in [6.07, 6.45) is 7.87. The number of benzene rings is 1. The maximum Gasteiger partial charge on any atom is 0.266 e. The molecule has 1 aliphatic heterocycles. The second-order valence-corrected chi connectivity index (χ2v) is 8.41. The summed E-state index contributed by atoms with van der Waals surface area (Å²) in [5, 5.41) is 10.00. The molecule has 4 nitrogen and oxygen atoms in total. The molecular weight excluding hydrogens is 378 g/mol. The maximum absolute atomic E-state index is 12.7. The van der Waals surface area contributed by atoms with Crippen molar-refractivity contribution in [1.29, 1.82) is 0 Å². The van der Waals surface area contributed by atoms with Crippen LogP contribution in [0.4, 0.5) is 0 Å². The first kappa shape index (κ1) is 18.5. The van der Waals surface area contributed by atoms with Gasteiger partial charge in [0.1, 0.15) is 4.32 Å². The van der Waals surface area contributed by atoms with Gasteiger partial charge in [-0.05, 0) is 36.1 Å². The lowest BCUT2D eigenvalue weighted by Crippen LogP contribution is -2.30. The van der Waals surface area contributed by atoms with Crippen molar-refractivity contribution in [2.45, 2.75) is 32.1 Å². The topological polar surface area (TPSA) is 49.8 Å². The van der Waals surface area contributed by atoms with Crippen molar-refractivity contribution in [1.82, 2.24) is 4.90 Å². The van der Waals surface area contributed by atoms with Gasteiger partial charge in [0.25, 0.3) is 5.91 Å². The lowest BCUT2D eigenvalue weighted by Gasteiger charge is -2.17. The number of phenolic OH excluding ortho intramolecular Hbond substituents is 1. The van der Waals surface area contributed by atoms with Crippen molar-refractivity contribution >= 4 is 51.9 Å². The number of thiocarbonyl (C=S) groups is 1. The van der Waals surface area contributed by atoms with Gasteiger partial charge in [0.2, 0.25) is 0 Å². The Balaban J connectivity index is 1.74. The van der Waals surface area contributed by atoms with E-state index in [-0.39, 0.29) is 22.4 Å². The van der Waals surface area contributed by atoms with Crippen LogP contribution in [0, 0.1) is 5.92 Å². The van der Waals surface area contributed by atoms with Crippen molar-refractivity contribution in [3.63, 3.8) is 0 Å². The van der Waals surface area contributed by atoms with E-state index in [1.54, 1.807) is 23.1 Å². The van der Waals surface area contributed by atoms with Crippen LogP contribution in [-0.2, 0) is 4.79 Å². The van der Waals surface area contributed by atoms with E-state index in [0.717, 1.165) is 6.42 Å². The number of amides is 1. The molecule has 1 aromatic rings. The Morgan fingerprint density at radius 1 is 1.44 bits per heavy atom. The van der Waals surface area contributed by atoms with E-state index in [9.17, 15) is 9.90 Å². The Morgan fingerprint density at radius 3 is 2.84 bits per heavy atom. The Hall–Kier alpha value is -1.24. The highest BCUT2D eigenvalue weighted by Gasteiger charge is 2.32. The van der Waals surface area contributed by atoms with Crippen molar-refractivity contribution < 1.29 is 14.6 Å². The van der Waals surface area contributed by atoms with Crippen LogP contribution in [0.1, 0.15) is 37.7 Å². The number of thioether (sulfide) groups is 1. The fourth-order valence-electron chi connectivity index (χ4n) is 3.29. The van der Waals surface area contributed by atoms with E-state index < -0.39 is 0 Å². The minimum Gasteiger partial charge on any atom is -0.503 e. The van der Waals surface area contributed by atoms with Crippen molar-refractivity contribution in [3.05, 3.63) is 27.6 Å². The summed E-state index contributed by atoms with van der Waals surface area (Å²) in [5.74, 6) is 0.825. The molecule has 2 aliphatic rings. The number of hydrogen-bond acceptors (Lipinski definition) is 5. The number of halogens is 1. The van der Waals surface area contributed by atoms with Crippen LogP contribution in [0.2, 0.25) is 5.02 Å². The molecule has 0 radical (unpaired) electrons.